The van der Waals surface area contributed by atoms with Crippen LogP contribution >= 0.6 is 0 Å². The summed E-state index contributed by atoms with van der Waals surface area (Å²) in [6, 6.07) is 0. The fraction of sp³-hybridized carbons (Fsp3) is 1.00. The molecule has 4 unspecified atom stereocenters. The second-order valence-corrected chi connectivity index (χ2v) is 8.85. The highest BCUT2D eigenvalue weighted by Gasteiger charge is 2.50. The summed E-state index contributed by atoms with van der Waals surface area (Å²) in [5, 5.41) is 0. The van der Waals surface area contributed by atoms with Crippen LogP contribution in [0.15, 0.2) is 0 Å². The zero-order valence-electron chi connectivity index (χ0n) is 16.4. The molecule has 0 aromatic rings. The molecule has 2 rings (SSSR count). The van der Waals surface area contributed by atoms with Gasteiger partial charge in [0.2, 0.25) is 0 Å². The molecule has 136 valence electrons. The fourth-order valence-corrected chi connectivity index (χ4v) is 4.24. The molecule has 0 aromatic heterocycles. The molecule has 2 aliphatic rings. The van der Waals surface area contributed by atoms with Crippen LogP contribution in [-0.4, -0.2) is 43.0 Å². The SMILES string of the molecule is CCCCN(CC)CC1COC2(CCC(C(C)(C)C)CC2C)O1. The van der Waals surface area contributed by atoms with Crippen LogP contribution in [0, 0.1) is 17.3 Å². The minimum absolute atomic E-state index is 0.250. The lowest BCUT2D eigenvalue weighted by molar-refractivity contribution is -0.228. The summed E-state index contributed by atoms with van der Waals surface area (Å²) >= 11 is 0. The van der Waals surface area contributed by atoms with Gasteiger partial charge in [-0.15, -0.1) is 0 Å². The second-order valence-electron chi connectivity index (χ2n) is 8.85. The number of nitrogens with zero attached hydrogens (tertiary/aromatic N) is 1. The molecular weight excluding hydrogens is 286 g/mol. The highest BCUT2D eigenvalue weighted by molar-refractivity contribution is 4.93. The van der Waals surface area contributed by atoms with E-state index in [-0.39, 0.29) is 11.9 Å². The number of unbranched alkanes of at least 4 members (excludes halogenated alkanes) is 1. The van der Waals surface area contributed by atoms with Crippen molar-refractivity contribution in [2.75, 3.05) is 26.2 Å². The molecule has 1 aliphatic carbocycles. The van der Waals surface area contributed by atoms with E-state index < -0.39 is 0 Å². The van der Waals surface area contributed by atoms with E-state index in [2.05, 4.69) is 46.4 Å². The first-order chi connectivity index (χ1) is 10.8. The Kier molecular flexibility index (Phi) is 6.55. The van der Waals surface area contributed by atoms with Gasteiger partial charge >= 0.3 is 0 Å². The van der Waals surface area contributed by atoms with Gasteiger partial charge in [0.05, 0.1) is 12.7 Å². The van der Waals surface area contributed by atoms with Crippen LogP contribution in [-0.2, 0) is 9.47 Å². The molecule has 1 aliphatic heterocycles. The molecule has 0 amide bonds. The van der Waals surface area contributed by atoms with Gasteiger partial charge in [-0.2, -0.15) is 0 Å². The third-order valence-corrected chi connectivity index (χ3v) is 6.07. The Morgan fingerprint density at radius 3 is 2.52 bits per heavy atom. The first-order valence-electron chi connectivity index (χ1n) is 9.85. The van der Waals surface area contributed by atoms with Crippen molar-refractivity contribution < 1.29 is 9.47 Å². The maximum Gasteiger partial charge on any atom is 0.171 e. The summed E-state index contributed by atoms with van der Waals surface area (Å²) in [7, 11) is 0. The van der Waals surface area contributed by atoms with Crippen molar-refractivity contribution in [2.24, 2.45) is 17.3 Å². The predicted molar refractivity (Wildman–Crippen MR) is 96.5 cm³/mol. The number of rotatable bonds is 6. The summed E-state index contributed by atoms with van der Waals surface area (Å²) in [4.78, 5) is 2.52. The average Bonchev–Trinajstić information content (AvgIpc) is 2.89. The zero-order valence-corrected chi connectivity index (χ0v) is 16.4. The number of hydrogen-bond acceptors (Lipinski definition) is 3. The summed E-state index contributed by atoms with van der Waals surface area (Å²) < 4.78 is 12.8. The quantitative estimate of drug-likeness (QED) is 0.706. The van der Waals surface area contributed by atoms with Crippen LogP contribution in [0.25, 0.3) is 0 Å². The first kappa shape index (κ1) is 19.2. The number of hydrogen-bond donors (Lipinski definition) is 0. The summed E-state index contributed by atoms with van der Waals surface area (Å²) in [5.74, 6) is 0.985. The molecule has 23 heavy (non-hydrogen) atoms. The zero-order chi connectivity index (χ0) is 17.1. The van der Waals surface area contributed by atoms with Crippen LogP contribution in [0.5, 0.6) is 0 Å². The lowest BCUT2D eigenvalue weighted by atomic mass is 9.67. The Hall–Kier alpha value is -0.120. The molecule has 0 radical (unpaired) electrons. The Labute approximate surface area is 144 Å². The van der Waals surface area contributed by atoms with Gasteiger partial charge in [-0.25, -0.2) is 0 Å². The maximum atomic E-state index is 6.51. The van der Waals surface area contributed by atoms with Crippen LogP contribution in [0.2, 0.25) is 0 Å². The Bertz CT molecular complexity index is 365. The Balaban J connectivity index is 1.89. The van der Waals surface area contributed by atoms with Gasteiger partial charge in [-0.1, -0.05) is 48.0 Å². The van der Waals surface area contributed by atoms with Crippen molar-refractivity contribution in [1.82, 2.24) is 4.90 Å². The van der Waals surface area contributed by atoms with E-state index in [4.69, 9.17) is 9.47 Å². The van der Waals surface area contributed by atoms with Crippen molar-refractivity contribution >= 4 is 0 Å². The summed E-state index contributed by atoms with van der Waals surface area (Å²) in [6.45, 7) is 18.0. The van der Waals surface area contributed by atoms with Crippen molar-refractivity contribution in [3.8, 4) is 0 Å². The van der Waals surface area contributed by atoms with Crippen molar-refractivity contribution in [3.05, 3.63) is 0 Å². The largest absolute Gasteiger partial charge is 0.347 e. The molecule has 1 saturated carbocycles. The monoisotopic (exact) mass is 325 g/mol. The van der Waals surface area contributed by atoms with Gasteiger partial charge in [0, 0.05) is 18.9 Å². The first-order valence-corrected chi connectivity index (χ1v) is 9.85. The van der Waals surface area contributed by atoms with Gasteiger partial charge in [0.25, 0.3) is 0 Å². The summed E-state index contributed by atoms with van der Waals surface area (Å²) in [6.07, 6.45) is 6.30. The molecule has 4 atom stereocenters. The Morgan fingerprint density at radius 1 is 1.22 bits per heavy atom. The van der Waals surface area contributed by atoms with E-state index in [0.717, 1.165) is 32.0 Å². The number of likely N-dealkylation sites (N-methyl/N-ethyl adjacent to an activating group) is 1. The van der Waals surface area contributed by atoms with Crippen LogP contribution < -0.4 is 0 Å². The molecule has 0 aromatic carbocycles. The van der Waals surface area contributed by atoms with E-state index in [1.807, 2.05) is 0 Å². The van der Waals surface area contributed by atoms with Crippen molar-refractivity contribution in [1.29, 1.82) is 0 Å². The molecule has 1 heterocycles. The molecule has 3 nitrogen and oxygen atoms in total. The smallest absolute Gasteiger partial charge is 0.171 e. The second kappa shape index (κ2) is 7.84. The predicted octanol–water partition coefficient (Wildman–Crippen LogP) is 4.70. The van der Waals surface area contributed by atoms with Crippen LogP contribution in [0.4, 0.5) is 0 Å². The summed E-state index contributed by atoms with van der Waals surface area (Å²) in [5.41, 5.74) is 0.396. The van der Waals surface area contributed by atoms with Gasteiger partial charge < -0.3 is 14.4 Å². The highest BCUT2D eigenvalue weighted by Crippen LogP contribution is 2.48. The van der Waals surface area contributed by atoms with E-state index in [1.165, 1.54) is 32.2 Å². The molecule has 2 fully saturated rings. The lowest BCUT2D eigenvalue weighted by Crippen LogP contribution is -2.46. The van der Waals surface area contributed by atoms with Gasteiger partial charge in [-0.05, 0) is 43.7 Å². The third-order valence-electron chi connectivity index (χ3n) is 6.07. The van der Waals surface area contributed by atoms with Crippen LogP contribution in [0.1, 0.15) is 73.6 Å². The molecule has 1 saturated heterocycles. The topological polar surface area (TPSA) is 21.7 Å². The minimum atomic E-state index is -0.295. The Morgan fingerprint density at radius 2 is 1.96 bits per heavy atom. The van der Waals surface area contributed by atoms with Crippen molar-refractivity contribution in [2.45, 2.75) is 85.5 Å². The van der Waals surface area contributed by atoms with Gasteiger partial charge in [0.15, 0.2) is 5.79 Å². The van der Waals surface area contributed by atoms with E-state index in [0.29, 0.717) is 11.3 Å². The normalized spacial score (nSPS) is 35.3. The average molecular weight is 326 g/mol. The van der Waals surface area contributed by atoms with E-state index in [9.17, 15) is 0 Å². The highest BCUT2D eigenvalue weighted by atomic mass is 16.7. The van der Waals surface area contributed by atoms with Gasteiger partial charge in [-0.3, -0.25) is 0 Å². The van der Waals surface area contributed by atoms with Crippen molar-refractivity contribution in [3.63, 3.8) is 0 Å². The molecule has 0 bridgehead atoms. The third kappa shape index (κ3) is 4.70. The number of ether oxygens (including phenoxy) is 2. The lowest BCUT2D eigenvalue weighted by Gasteiger charge is -2.45. The molecular formula is C20H39NO2. The standard InChI is InChI=1S/C20H39NO2/c1-7-9-12-21(8-2)14-18-15-22-20(23-18)11-10-17(13-16(20)3)19(4,5)6/h16-18H,7-15H2,1-6H3. The fourth-order valence-electron chi connectivity index (χ4n) is 4.24. The van der Waals surface area contributed by atoms with Gasteiger partial charge in [0.1, 0.15) is 0 Å². The molecule has 3 heteroatoms. The maximum absolute atomic E-state index is 6.51. The molecule has 1 spiro atoms. The van der Waals surface area contributed by atoms with E-state index in [1.54, 1.807) is 0 Å². The van der Waals surface area contributed by atoms with Crippen LogP contribution in [0.3, 0.4) is 0 Å². The minimum Gasteiger partial charge on any atom is -0.347 e. The van der Waals surface area contributed by atoms with E-state index >= 15 is 0 Å². The molecule has 0 N–H and O–H groups in total.